The smallest absolute Gasteiger partial charge is 0.169 e. The van der Waals surface area contributed by atoms with Crippen molar-refractivity contribution < 1.29 is 0 Å². The zero-order chi connectivity index (χ0) is 8.43. The Morgan fingerprint density at radius 1 is 1.64 bits per heavy atom. The summed E-state index contributed by atoms with van der Waals surface area (Å²) < 4.78 is 3.06. The fraction of sp³-hybridized carbons (Fsp3) is 0.571. The summed E-state index contributed by atoms with van der Waals surface area (Å²) in [5.41, 5.74) is 0. The molecule has 2 nitrogen and oxygen atoms in total. The fourth-order valence-electron chi connectivity index (χ4n) is 0.869. The summed E-state index contributed by atoms with van der Waals surface area (Å²) in [4.78, 5) is 4.29. The Hall–Kier alpha value is 0.0400. The molecule has 0 fully saturated rings. The average molecular weight is 235 g/mol. The molecular weight excluding hydrogens is 224 g/mol. The topological polar surface area (TPSA) is 17.8 Å². The van der Waals surface area contributed by atoms with Crippen molar-refractivity contribution in [3.63, 3.8) is 0 Å². The van der Waals surface area contributed by atoms with E-state index in [-0.39, 0.29) is 0 Å². The third-order valence-corrected chi connectivity index (χ3v) is 2.46. The number of hydrogen-bond donors (Lipinski definition) is 0. The van der Waals surface area contributed by atoms with Crippen molar-refractivity contribution in [2.45, 2.75) is 25.0 Å². The van der Waals surface area contributed by atoms with Crippen LogP contribution in [0.3, 0.4) is 0 Å². The first-order chi connectivity index (χ1) is 5.15. The molecule has 0 radical (unpaired) electrons. The van der Waals surface area contributed by atoms with Crippen LogP contribution in [0.15, 0.2) is 16.0 Å². The minimum absolute atomic E-state index is 0.483. The maximum atomic E-state index is 4.29. The number of halogens is 1. The molecule has 0 atom stereocenters. The van der Waals surface area contributed by atoms with Crippen molar-refractivity contribution in [3.05, 3.63) is 10.8 Å². The summed E-state index contributed by atoms with van der Waals surface area (Å²) in [5.74, 6) is 0. The molecule has 0 saturated carbocycles. The maximum absolute atomic E-state index is 4.29. The van der Waals surface area contributed by atoms with E-state index in [1.54, 1.807) is 11.8 Å². The van der Waals surface area contributed by atoms with Crippen molar-refractivity contribution in [2.75, 3.05) is 6.26 Å². The first-order valence-corrected chi connectivity index (χ1v) is 5.45. The van der Waals surface area contributed by atoms with Crippen molar-refractivity contribution in [1.82, 2.24) is 9.55 Å². The molecule has 0 amide bonds. The first kappa shape index (κ1) is 9.13. The molecule has 1 rings (SSSR count). The van der Waals surface area contributed by atoms with Crippen LogP contribution in [0.1, 0.15) is 19.9 Å². The van der Waals surface area contributed by atoms with Gasteiger partial charge < -0.3 is 4.57 Å². The normalized spacial score (nSPS) is 11.0. The van der Waals surface area contributed by atoms with Crippen molar-refractivity contribution in [1.29, 1.82) is 0 Å². The minimum atomic E-state index is 0.483. The quantitative estimate of drug-likeness (QED) is 0.733. The molecule has 0 bridgehead atoms. The molecule has 0 spiro atoms. The average Bonchev–Trinajstić information content (AvgIpc) is 2.30. The van der Waals surface area contributed by atoms with Crippen LogP contribution in [0.25, 0.3) is 0 Å². The Morgan fingerprint density at radius 2 is 2.27 bits per heavy atom. The first-order valence-electron chi connectivity index (χ1n) is 3.43. The Labute approximate surface area is 79.5 Å². The van der Waals surface area contributed by atoms with Crippen LogP contribution in [-0.4, -0.2) is 15.8 Å². The highest BCUT2D eigenvalue weighted by atomic mass is 79.9. The number of rotatable bonds is 2. The van der Waals surface area contributed by atoms with E-state index < -0.39 is 0 Å². The van der Waals surface area contributed by atoms with E-state index in [1.807, 2.05) is 12.5 Å². The molecule has 0 aliphatic rings. The summed E-state index contributed by atoms with van der Waals surface area (Å²) in [6.07, 6.45) is 4.05. The van der Waals surface area contributed by atoms with Crippen molar-refractivity contribution in [3.8, 4) is 0 Å². The van der Waals surface area contributed by atoms with Crippen LogP contribution in [0.5, 0.6) is 0 Å². The van der Waals surface area contributed by atoms with Gasteiger partial charge in [-0.25, -0.2) is 4.98 Å². The van der Waals surface area contributed by atoms with Gasteiger partial charge in [0.15, 0.2) is 5.16 Å². The van der Waals surface area contributed by atoms with Crippen molar-refractivity contribution >= 4 is 27.7 Å². The third kappa shape index (κ3) is 1.99. The molecule has 62 valence electrons. The zero-order valence-corrected chi connectivity index (χ0v) is 9.24. The van der Waals surface area contributed by atoms with Gasteiger partial charge in [0.25, 0.3) is 0 Å². The second kappa shape index (κ2) is 3.63. The lowest BCUT2D eigenvalue weighted by Gasteiger charge is -2.08. The van der Waals surface area contributed by atoms with E-state index in [0.717, 1.165) is 9.76 Å². The van der Waals surface area contributed by atoms with Crippen LogP contribution >= 0.6 is 27.7 Å². The second-order valence-corrected chi connectivity index (χ2v) is 4.14. The summed E-state index contributed by atoms with van der Waals surface area (Å²) in [5, 5.41) is 1.06. The lowest BCUT2D eigenvalue weighted by molar-refractivity contribution is 0.550. The maximum Gasteiger partial charge on any atom is 0.169 e. The van der Waals surface area contributed by atoms with E-state index in [4.69, 9.17) is 0 Å². The summed E-state index contributed by atoms with van der Waals surface area (Å²) in [7, 11) is 0. The Balaban J connectivity index is 3.02. The van der Waals surface area contributed by atoms with Crippen LogP contribution in [0.2, 0.25) is 0 Å². The molecule has 0 aromatic carbocycles. The number of aromatic nitrogens is 2. The molecular formula is C7H11BrN2S. The highest BCUT2D eigenvalue weighted by Gasteiger charge is 2.06. The molecule has 0 aliphatic carbocycles. The van der Waals surface area contributed by atoms with E-state index in [0.29, 0.717) is 6.04 Å². The number of hydrogen-bond acceptors (Lipinski definition) is 2. The van der Waals surface area contributed by atoms with Gasteiger partial charge >= 0.3 is 0 Å². The Morgan fingerprint density at radius 3 is 2.64 bits per heavy atom. The van der Waals surface area contributed by atoms with Crippen LogP contribution in [-0.2, 0) is 0 Å². The number of thioether (sulfide) groups is 1. The van der Waals surface area contributed by atoms with E-state index in [2.05, 4.69) is 39.3 Å². The van der Waals surface area contributed by atoms with E-state index in [9.17, 15) is 0 Å². The van der Waals surface area contributed by atoms with Gasteiger partial charge in [-0.15, -0.1) is 0 Å². The Kier molecular flexibility index (Phi) is 3.01. The zero-order valence-electron chi connectivity index (χ0n) is 6.84. The van der Waals surface area contributed by atoms with Gasteiger partial charge in [0.05, 0.1) is 0 Å². The van der Waals surface area contributed by atoms with Crippen LogP contribution in [0.4, 0.5) is 0 Å². The monoisotopic (exact) mass is 234 g/mol. The lowest BCUT2D eigenvalue weighted by Crippen LogP contribution is -1.99. The predicted molar refractivity (Wildman–Crippen MR) is 52.1 cm³/mol. The summed E-state index contributed by atoms with van der Waals surface area (Å²) in [6, 6.07) is 0.483. The minimum Gasteiger partial charge on any atom is -0.322 e. The van der Waals surface area contributed by atoms with Gasteiger partial charge in [-0.05, 0) is 36.0 Å². The van der Waals surface area contributed by atoms with Gasteiger partial charge in [0.2, 0.25) is 0 Å². The Bertz CT molecular complexity index is 245. The molecule has 0 aliphatic heterocycles. The van der Waals surface area contributed by atoms with Gasteiger partial charge in [0.1, 0.15) is 4.60 Å². The molecule has 11 heavy (non-hydrogen) atoms. The molecule has 0 unspecified atom stereocenters. The number of nitrogens with zero attached hydrogens (tertiary/aromatic N) is 2. The standard InChI is InChI=1S/C7H11BrN2S/c1-5(2)10-4-6(8)9-7(10)11-3/h4-5H,1-3H3. The third-order valence-electron chi connectivity index (χ3n) is 1.41. The van der Waals surface area contributed by atoms with Gasteiger partial charge in [0, 0.05) is 12.2 Å². The molecule has 1 aromatic rings. The lowest BCUT2D eigenvalue weighted by atomic mass is 10.4. The molecule has 0 saturated heterocycles. The van der Waals surface area contributed by atoms with Gasteiger partial charge in [-0.2, -0.15) is 0 Å². The van der Waals surface area contributed by atoms with Crippen LogP contribution < -0.4 is 0 Å². The molecule has 1 heterocycles. The molecule has 0 N–H and O–H groups in total. The van der Waals surface area contributed by atoms with E-state index in [1.165, 1.54) is 0 Å². The highest BCUT2D eigenvalue weighted by molar-refractivity contribution is 9.10. The molecule has 1 aromatic heterocycles. The SMILES string of the molecule is CSc1nc(Br)cn1C(C)C. The number of imidazole rings is 1. The van der Waals surface area contributed by atoms with Crippen molar-refractivity contribution in [2.24, 2.45) is 0 Å². The fourth-order valence-corrected chi connectivity index (χ4v) is 2.04. The van der Waals surface area contributed by atoms with E-state index >= 15 is 0 Å². The summed E-state index contributed by atoms with van der Waals surface area (Å²) in [6.45, 7) is 4.29. The van der Waals surface area contributed by atoms with Crippen LogP contribution in [0, 0.1) is 0 Å². The molecule has 4 heteroatoms. The van der Waals surface area contributed by atoms with Gasteiger partial charge in [-0.1, -0.05) is 11.8 Å². The summed E-state index contributed by atoms with van der Waals surface area (Å²) >= 11 is 5.01. The highest BCUT2D eigenvalue weighted by Crippen LogP contribution is 2.21. The second-order valence-electron chi connectivity index (χ2n) is 2.55. The van der Waals surface area contributed by atoms with Gasteiger partial charge in [-0.3, -0.25) is 0 Å². The predicted octanol–water partition coefficient (Wildman–Crippen LogP) is 2.95. The largest absolute Gasteiger partial charge is 0.322 e.